The lowest BCUT2D eigenvalue weighted by Gasteiger charge is -2.10. The SMILES string of the molecule is Clc1ncnc2c1cnn2CC(Cl)c1ccc(I)cc1. The molecule has 0 saturated carbocycles. The van der Waals surface area contributed by atoms with Crippen LogP contribution >= 0.6 is 45.8 Å². The third kappa shape index (κ3) is 2.75. The molecule has 1 aromatic carbocycles. The Morgan fingerprint density at radius 2 is 1.95 bits per heavy atom. The fourth-order valence-electron chi connectivity index (χ4n) is 1.93. The Morgan fingerprint density at radius 1 is 1.20 bits per heavy atom. The smallest absolute Gasteiger partial charge is 0.162 e. The van der Waals surface area contributed by atoms with E-state index < -0.39 is 0 Å². The number of nitrogens with zero attached hydrogens (tertiary/aromatic N) is 4. The number of halogens is 3. The van der Waals surface area contributed by atoms with Crippen molar-refractivity contribution in [2.75, 3.05) is 0 Å². The topological polar surface area (TPSA) is 43.6 Å². The molecule has 3 aromatic rings. The average Bonchev–Trinajstić information content (AvgIpc) is 2.84. The molecule has 4 nitrogen and oxygen atoms in total. The summed E-state index contributed by atoms with van der Waals surface area (Å²) in [7, 11) is 0. The predicted octanol–water partition coefficient (Wildman–Crippen LogP) is 4.06. The molecule has 0 amide bonds. The van der Waals surface area contributed by atoms with Gasteiger partial charge in [0.05, 0.1) is 23.5 Å². The van der Waals surface area contributed by atoms with Gasteiger partial charge in [-0.3, -0.25) is 0 Å². The Kier molecular flexibility index (Phi) is 4.09. The van der Waals surface area contributed by atoms with Gasteiger partial charge in [-0.2, -0.15) is 5.10 Å². The van der Waals surface area contributed by atoms with Gasteiger partial charge >= 0.3 is 0 Å². The first-order chi connectivity index (χ1) is 9.65. The minimum atomic E-state index is -0.177. The quantitative estimate of drug-likeness (QED) is 0.366. The maximum absolute atomic E-state index is 6.45. The van der Waals surface area contributed by atoms with Gasteiger partial charge in [0, 0.05) is 3.57 Å². The fraction of sp³-hybridized carbons (Fsp3) is 0.154. The third-order valence-electron chi connectivity index (χ3n) is 2.95. The summed E-state index contributed by atoms with van der Waals surface area (Å²) in [5.74, 6) is 0. The van der Waals surface area contributed by atoms with Crippen LogP contribution < -0.4 is 0 Å². The Labute approximate surface area is 139 Å². The molecule has 3 rings (SSSR count). The van der Waals surface area contributed by atoms with E-state index in [2.05, 4.69) is 37.7 Å². The Morgan fingerprint density at radius 3 is 2.70 bits per heavy atom. The van der Waals surface area contributed by atoms with Crippen LogP contribution in [0.25, 0.3) is 11.0 Å². The highest BCUT2D eigenvalue weighted by Crippen LogP contribution is 2.25. The summed E-state index contributed by atoms with van der Waals surface area (Å²) in [5, 5.41) is 5.25. The molecule has 0 bridgehead atoms. The molecule has 2 aromatic heterocycles. The van der Waals surface area contributed by atoms with Crippen molar-refractivity contribution in [2.24, 2.45) is 0 Å². The number of hydrogen-bond donors (Lipinski definition) is 0. The van der Waals surface area contributed by atoms with E-state index in [-0.39, 0.29) is 5.38 Å². The van der Waals surface area contributed by atoms with Crippen LogP contribution in [0.3, 0.4) is 0 Å². The third-order valence-corrected chi connectivity index (χ3v) is 4.36. The molecular weight excluding hydrogens is 410 g/mol. The zero-order valence-electron chi connectivity index (χ0n) is 10.2. The van der Waals surface area contributed by atoms with Crippen LogP contribution in [0.4, 0.5) is 0 Å². The van der Waals surface area contributed by atoms with Gasteiger partial charge in [0.2, 0.25) is 0 Å². The molecule has 102 valence electrons. The van der Waals surface area contributed by atoms with E-state index in [9.17, 15) is 0 Å². The van der Waals surface area contributed by atoms with Gasteiger partial charge in [0.1, 0.15) is 11.5 Å². The molecule has 0 aliphatic carbocycles. The van der Waals surface area contributed by atoms with E-state index in [4.69, 9.17) is 23.2 Å². The fourth-order valence-corrected chi connectivity index (χ4v) is 2.74. The van der Waals surface area contributed by atoms with Crippen LogP contribution in [0.2, 0.25) is 5.15 Å². The minimum absolute atomic E-state index is 0.177. The lowest BCUT2D eigenvalue weighted by atomic mass is 10.1. The van der Waals surface area contributed by atoms with Crippen LogP contribution in [-0.4, -0.2) is 19.7 Å². The highest BCUT2D eigenvalue weighted by Gasteiger charge is 2.13. The molecule has 0 saturated heterocycles. The first kappa shape index (κ1) is 14.0. The molecule has 2 heterocycles. The Hall–Kier alpha value is -0.920. The molecule has 1 atom stereocenters. The molecular formula is C13H9Cl2IN4. The summed E-state index contributed by atoms with van der Waals surface area (Å²) >= 11 is 14.7. The lowest BCUT2D eigenvalue weighted by molar-refractivity contribution is 0.615. The molecule has 0 aliphatic rings. The van der Waals surface area contributed by atoms with Crippen molar-refractivity contribution in [1.82, 2.24) is 19.7 Å². The molecule has 0 spiro atoms. The van der Waals surface area contributed by atoms with E-state index in [1.807, 2.05) is 24.3 Å². The first-order valence-corrected chi connectivity index (χ1v) is 7.76. The van der Waals surface area contributed by atoms with E-state index in [1.165, 1.54) is 9.90 Å². The number of fused-ring (bicyclic) bond motifs is 1. The average molecular weight is 419 g/mol. The van der Waals surface area contributed by atoms with Crippen LogP contribution in [0, 0.1) is 3.57 Å². The summed E-state index contributed by atoms with van der Waals surface area (Å²) in [6.07, 6.45) is 3.09. The molecule has 0 fully saturated rings. The van der Waals surface area contributed by atoms with Gasteiger partial charge in [0.15, 0.2) is 5.65 Å². The highest BCUT2D eigenvalue weighted by atomic mass is 127. The number of hydrogen-bond acceptors (Lipinski definition) is 3. The van der Waals surface area contributed by atoms with Crippen molar-refractivity contribution in [3.8, 4) is 0 Å². The van der Waals surface area contributed by atoms with Gasteiger partial charge in [-0.15, -0.1) is 11.6 Å². The second-order valence-electron chi connectivity index (χ2n) is 4.25. The predicted molar refractivity (Wildman–Crippen MR) is 88.1 cm³/mol. The van der Waals surface area contributed by atoms with Gasteiger partial charge in [-0.1, -0.05) is 23.7 Å². The molecule has 0 radical (unpaired) electrons. The van der Waals surface area contributed by atoms with Crippen LogP contribution in [-0.2, 0) is 6.54 Å². The standard InChI is InChI=1S/C13H9Cl2IN4/c14-11(8-1-3-9(16)4-2-8)6-20-13-10(5-19-20)12(15)17-7-18-13/h1-5,7,11H,6H2. The van der Waals surface area contributed by atoms with Crippen molar-refractivity contribution >= 4 is 56.8 Å². The summed E-state index contributed by atoms with van der Waals surface area (Å²) < 4.78 is 2.93. The Bertz CT molecular complexity index is 742. The number of aromatic nitrogens is 4. The molecule has 7 heteroatoms. The number of benzene rings is 1. The van der Waals surface area contributed by atoms with Gasteiger partial charge in [-0.25, -0.2) is 14.6 Å². The van der Waals surface area contributed by atoms with E-state index >= 15 is 0 Å². The van der Waals surface area contributed by atoms with Crippen molar-refractivity contribution in [3.63, 3.8) is 0 Å². The van der Waals surface area contributed by atoms with Crippen molar-refractivity contribution < 1.29 is 0 Å². The molecule has 0 N–H and O–H groups in total. The summed E-state index contributed by atoms with van der Waals surface area (Å²) in [5.41, 5.74) is 1.75. The number of rotatable bonds is 3. The Balaban J connectivity index is 1.89. The maximum Gasteiger partial charge on any atom is 0.162 e. The van der Waals surface area contributed by atoms with Crippen molar-refractivity contribution in [1.29, 1.82) is 0 Å². The minimum Gasteiger partial charge on any atom is -0.245 e. The van der Waals surface area contributed by atoms with Crippen molar-refractivity contribution in [3.05, 3.63) is 51.1 Å². The van der Waals surface area contributed by atoms with E-state index in [0.717, 1.165) is 10.9 Å². The van der Waals surface area contributed by atoms with Gasteiger partial charge in [0.25, 0.3) is 0 Å². The van der Waals surface area contributed by atoms with Crippen LogP contribution in [0.1, 0.15) is 10.9 Å². The highest BCUT2D eigenvalue weighted by molar-refractivity contribution is 14.1. The second-order valence-corrected chi connectivity index (χ2v) is 6.38. The number of alkyl halides is 1. The summed E-state index contributed by atoms with van der Waals surface area (Å²) in [6.45, 7) is 0.527. The molecule has 20 heavy (non-hydrogen) atoms. The van der Waals surface area contributed by atoms with Crippen LogP contribution in [0.5, 0.6) is 0 Å². The largest absolute Gasteiger partial charge is 0.245 e. The normalized spacial score (nSPS) is 12.8. The van der Waals surface area contributed by atoms with Crippen molar-refractivity contribution in [2.45, 2.75) is 11.9 Å². The summed E-state index contributed by atoms with van der Waals surface area (Å²) in [6, 6.07) is 8.11. The first-order valence-electron chi connectivity index (χ1n) is 5.86. The lowest BCUT2D eigenvalue weighted by Crippen LogP contribution is -2.06. The van der Waals surface area contributed by atoms with Gasteiger partial charge < -0.3 is 0 Å². The second kappa shape index (κ2) is 5.83. The molecule has 0 aliphatic heterocycles. The molecule has 1 unspecified atom stereocenters. The van der Waals surface area contributed by atoms with Crippen LogP contribution in [0.15, 0.2) is 36.8 Å². The summed E-state index contributed by atoms with van der Waals surface area (Å²) in [4.78, 5) is 8.14. The maximum atomic E-state index is 6.45. The van der Waals surface area contributed by atoms with E-state index in [0.29, 0.717) is 17.3 Å². The van der Waals surface area contributed by atoms with Gasteiger partial charge in [-0.05, 0) is 40.3 Å². The zero-order chi connectivity index (χ0) is 14.1. The monoisotopic (exact) mass is 418 g/mol. The van der Waals surface area contributed by atoms with E-state index in [1.54, 1.807) is 10.9 Å². The zero-order valence-corrected chi connectivity index (χ0v) is 13.8.